The number of aromatic nitrogens is 1. The van der Waals surface area contributed by atoms with Crippen molar-refractivity contribution in [2.24, 2.45) is 5.92 Å². The van der Waals surface area contributed by atoms with E-state index in [-0.39, 0.29) is 5.69 Å². The lowest BCUT2D eigenvalue weighted by atomic mass is 10.1. The van der Waals surface area contributed by atoms with E-state index in [4.69, 9.17) is 5.11 Å². The molecular weight excluding hydrogens is 228 g/mol. The molecule has 4 heteroatoms. The minimum absolute atomic E-state index is 0.132. The maximum atomic E-state index is 10.9. The van der Waals surface area contributed by atoms with Gasteiger partial charge in [-0.05, 0) is 36.5 Å². The number of rotatable bonds is 6. The van der Waals surface area contributed by atoms with Crippen LogP contribution in [0.2, 0.25) is 0 Å². The number of nitrogens with zero attached hydrogens (tertiary/aromatic N) is 2. The Hall–Kier alpha value is -1.42. The number of hydrogen-bond donors (Lipinski definition) is 1. The van der Waals surface area contributed by atoms with Gasteiger partial charge in [-0.25, -0.2) is 9.78 Å². The maximum Gasteiger partial charge on any atom is 0.354 e. The number of carboxylic acids is 1. The zero-order chi connectivity index (χ0) is 13.1. The summed E-state index contributed by atoms with van der Waals surface area (Å²) in [7, 11) is 0. The molecule has 1 N–H and O–H groups in total. The Labute approximate surface area is 108 Å². The lowest BCUT2D eigenvalue weighted by Gasteiger charge is -2.24. The zero-order valence-electron chi connectivity index (χ0n) is 11.0. The van der Waals surface area contributed by atoms with Crippen LogP contribution in [0.3, 0.4) is 0 Å². The van der Waals surface area contributed by atoms with Crippen molar-refractivity contribution in [1.82, 2.24) is 9.88 Å². The predicted octanol–water partition coefficient (Wildman–Crippen LogP) is 2.40. The van der Waals surface area contributed by atoms with Gasteiger partial charge in [0.15, 0.2) is 0 Å². The fourth-order valence-corrected chi connectivity index (χ4v) is 2.18. The highest BCUT2D eigenvalue weighted by Crippen LogP contribution is 2.29. The molecule has 98 valence electrons. The average molecular weight is 248 g/mol. The van der Waals surface area contributed by atoms with Crippen LogP contribution in [-0.4, -0.2) is 33.5 Å². The van der Waals surface area contributed by atoms with Crippen molar-refractivity contribution in [1.29, 1.82) is 0 Å². The first-order valence-electron chi connectivity index (χ1n) is 6.48. The molecule has 0 saturated heterocycles. The molecule has 2 rings (SSSR count). The molecule has 0 aromatic carbocycles. The molecule has 1 aliphatic rings. The fourth-order valence-electron chi connectivity index (χ4n) is 2.18. The molecule has 0 spiro atoms. The number of pyridine rings is 1. The van der Waals surface area contributed by atoms with E-state index in [1.807, 2.05) is 6.07 Å². The molecule has 0 unspecified atom stereocenters. The van der Waals surface area contributed by atoms with E-state index in [2.05, 4.69) is 23.7 Å². The van der Waals surface area contributed by atoms with Crippen molar-refractivity contribution in [2.75, 3.05) is 6.54 Å². The molecular formula is C14H20N2O2. The predicted molar refractivity (Wildman–Crippen MR) is 69.5 cm³/mol. The Balaban J connectivity index is 2.06. The van der Waals surface area contributed by atoms with Crippen LogP contribution >= 0.6 is 0 Å². The molecule has 1 fully saturated rings. The maximum absolute atomic E-state index is 10.9. The Morgan fingerprint density at radius 3 is 2.83 bits per heavy atom. The lowest BCUT2D eigenvalue weighted by Crippen LogP contribution is -2.29. The topological polar surface area (TPSA) is 53.4 Å². The van der Waals surface area contributed by atoms with Gasteiger partial charge in [0.05, 0.1) is 0 Å². The van der Waals surface area contributed by atoms with Crippen molar-refractivity contribution in [3.63, 3.8) is 0 Å². The summed E-state index contributed by atoms with van der Waals surface area (Å²) < 4.78 is 0. The van der Waals surface area contributed by atoms with E-state index in [1.165, 1.54) is 12.8 Å². The van der Waals surface area contributed by atoms with E-state index in [0.29, 0.717) is 12.0 Å². The first-order valence-corrected chi connectivity index (χ1v) is 6.48. The van der Waals surface area contributed by atoms with Crippen molar-refractivity contribution < 1.29 is 9.90 Å². The van der Waals surface area contributed by atoms with Crippen molar-refractivity contribution >= 4 is 5.97 Å². The van der Waals surface area contributed by atoms with Crippen molar-refractivity contribution in [2.45, 2.75) is 39.3 Å². The van der Waals surface area contributed by atoms with Gasteiger partial charge in [0.2, 0.25) is 0 Å². The molecule has 1 aromatic rings. The lowest BCUT2D eigenvalue weighted by molar-refractivity contribution is 0.0690. The molecule has 0 radical (unpaired) electrons. The molecule has 1 saturated carbocycles. The summed E-state index contributed by atoms with van der Waals surface area (Å²) in [6.07, 6.45) is 4.12. The summed E-state index contributed by atoms with van der Waals surface area (Å²) in [6.45, 7) is 6.32. The Kier molecular flexibility index (Phi) is 3.97. The van der Waals surface area contributed by atoms with Gasteiger partial charge >= 0.3 is 5.97 Å². The monoisotopic (exact) mass is 248 g/mol. The standard InChI is InChI=1S/C14H20N2O2/c1-10(2)8-16(12-3-4-12)9-11-5-6-15-13(7-11)14(17)18/h5-7,10,12H,3-4,8-9H2,1-2H3,(H,17,18). The van der Waals surface area contributed by atoms with Gasteiger partial charge in [-0.2, -0.15) is 0 Å². The highest BCUT2D eigenvalue weighted by Gasteiger charge is 2.29. The summed E-state index contributed by atoms with van der Waals surface area (Å²) in [5.74, 6) is -0.329. The molecule has 0 aliphatic heterocycles. The second-order valence-electron chi connectivity index (χ2n) is 5.41. The number of aromatic carboxylic acids is 1. The summed E-state index contributed by atoms with van der Waals surface area (Å²) in [4.78, 5) is 17.2. The number of hydrogen-bond acceptors (Lipinski definition) is 3. The minimum Gasteiger partial charge on any atom is -0.477 e. The van der Waals surface area contributed by atoms with E-state index < -0.39 is 5.97 Å². The molecule has 18 heavy (non-hydrogen) atoms. The van der Waals surface area contributed by atoms with Crippen LogP contribution in [0.4, 0.5) is 0 Å². The Morgan fingerprint density at radius 2 is 2.28 bits per heavy atom. The van der Waals surface area contributed by atoms with Gasteiger partial charge in [0, 0.05) is 25.3 Å². The molecule has 0 bridgehead atoms. The second-order valence-corrected chi connectivity index (χ2v) is 5.41. The smallest absolute Gasteiger partial charge is 0.354 e. The molecule has 1 heterocycles. The fraction of sp³-hybridized carbons (Fsp3) is 0.571. The van der Waals surface area contributed by atoms with Crippen LogP contribution in [0.15, 0.2) is 18.3 Å². The van der Waals surface area contributed by atoms with Gasteiger partial charge in [0.25, 0.3) is 0 Å². The normalized spacial score (nSPS) is 15.3. The third-order valence-corrected chi connectivity index (χ3v) is 3.09. The van der Waals surface area contributed by atoms with Gasteiger partial charge < -0.3 is 5.11 Å². The molecule has 4 nitrogen and oxygen atoms in total. The molecule has 0 amide bonds. The van der Waals surface area contributed by atoms with Crippen LogP contribution < -0.4 is 0 Å². The van der Waals surface area contributed by atoms with E-state index in [9.17, 15) is 4.79 Å². The van der Waals surface area contributed by atoms with Gasteiger partial charge in [-0.1, -0.05) is 13.8 Å². The number of carbonyl (C=O) groups is 1. The highest BCUT2D eigenvalue weighted by atomic mass is 16.4. The highest BCUT2D eigenvalue weighted by molar-refractivity contribution is 5.85. The quantitative estimate of drug-likeness (QED) is 0.840. The summed E-state index contributed by atoms with van der Waals surface area (Å²) >= 11 is 0. The summed E-state index contributed by atoms with van der Waals surface area (Å²) in [5.41, 5.74) is 1.17. The molecule has 1 aliphatic carbocycles. The van der Waals surface area contributed by atoms with Crippen LogP contribution in [0.25, 0.3) is 0 Å². The van der Waals surface area contributed by atoms with Gasteiger partial charge in [-0.3, -0.25) is 4.90 Å². The Bertz CT molecular complexity index is 428. The zero-order valence-corrected chi connectivity index (χ0v) is 11.0. The third kappa shape index (κ3) is 3.53. The van der Waals surface area contributed by atoms with Gasteiger partial charge in [-0.15, -0.1) is 0 Å². The van der Waals surface area contributed by atoms with Gasteiger partial charge in [0.1, 0.15) is 5.69 Å². The largest absolute Gasteiger partial charge is 0.477 e. The number of carboxylic acid groups (broad SMARTS) is 1. The third-order valence-electron chi connectivity index (χ3n) is 3.09. The average Bonchev–Trinajstić information content (AvgIpc) is 3.11. The second kappa shape index (κ2) is 5.48. The minimum atomic E-state index is -0.960. The van der Waals surface area contributed by atoms with E-state index >= 15 is 0 Å². The molecule has 1 aromatic heterocycles. The summed E-state index contributed by atoms with van der Waals surface area (Å²) in [5, 5.41) is 8.93. The van der Waals surface area contributed by atoms with E-state index in [0.717, 1.165) is 18.7 Å². The van der Waals surface area contributed by atoms with Crippen molar-refractivity contribution in [3.8, 4) is 0 Å². The Morgan fingerprint density at radius 1 is 1.56 bits per heavy atom. The van der Waals surface area contributed by atoms with Crippen molar-refractivity contribution in [3.05, 3.63) is 29.6 Å². The SMILES string of the molecule is CC(C)CN(Cc1ccnc(C(=O)O)c1)C1CC1. The molecule has 0 atom stereocenters. The van der Waals surface area contributed by atoms with E-state index in [1.54, 1.807) is 12.3 Å². The first kappa shape index (κ1) is 13.0. The van der Waals surface area contributed by atoms with Crippen LogP contribution in [0.5, 0.6) is 0 Å². The van der Waals surface area contributed by atoms with Crippen LogP contribution in [0.1, 0.15) is 42.7 Å². The summed E-state index contributed by atoms with van der Waals surface area (Å²) in [6, 6.07) is 4.27. The van der Waals surface area contributed by atoms with Crippen LogP contribution in [0, 0.1) is 5.92 Å². The first-order chi connectivity index (χ1) is 8.56. The van der Waals surface area contributed by atoms with Crippen LogP contribution in [-0.2, 0) is 6.54 Å².